The molecule has 2 aliphatic carbocycles. The molecule has 0 aromatic carbocycles. The highest BCUT2D eigenvalue weighted by Gasteiger charge is 2.53. The number of alkyl halides is 1. The van der Waals surface area contributed by atoms with Crippen molar-refractivity contribution in [3.63, 3.8) is 0 Å². The van der Waals surface area contributed by atoms with Crippen LogP contribution >= 0.6 is 0 Å². The van der Waals surface area contributed by atoms with E-state index in [-0.39, 0.29) is 38.1 Å². The summed E-state index contributed by atoms with van der Waals surface area (Å²) in [5.41, 5.74) is 1.81. The minimum Gasteiger partial charge on any atom is -0.307 e. The predicted molar refractivity (Wildman–Crippen MR) is 106 cm³/mol. The summed E-state index contributed by atoms with van der Waals surface area (Å²) in [6.07, 6.45) is 1.76. The number of rotatable bonds is 7. The quantitative estimate of drug-likeness (QED) is 0.530. The van der Waals surface area contributed by atoms with Gasteiger partial charge in [-0.25, -0.2) is 22.3 Å². The fraction of sp³-hybridized carbons (Fsp3) is 0.842. The van der Waals surface area contributed by atoms with Gasteiger partial charge >= 0.3 is 6.03 Å². The normalized spacial score (nSPS) is 35.1. The Labute approximate surface area is 181 Å². The summed E-state index contributed by atoms with van der Waals surface area (Å²) in [4.78, 5) is 34.1. The summed E-state index contributed by atoms with van der Waals surface area (Å²) in [7, 11) is -3.82. The topological polar surface area (TPSA) is 132 Å². The molecule has 0 spiro atoms. The molecule has 12 heteroatoms. The van der Waals surface area contributed by atoms with E-state index in [0.29, 0.717) is 25.7 Å². The van der Waals surface area contributed by atoms with E-state index < -0.39 is 51.4 Å². The van der Waals surface area contributed by atoms with Crippen molar-refractivity contribution in [1.29, 1.82) is 5.26 Å². The molecule has 172 valence electrons. The van der Waals surface area contributed by atoms with E-state index in [1.165, 1.54) is 4.90 Å². The van der Waals surface area contributed by atoms with Gasteiger partial charge in [0, 0.05) is 12.1 Å². The SMILES string of the molecule is CC1CC(CN2C(=O)C3CC(S(=O)(=O)NC4(CF)CC4)CCC3N(CC#N)C2=O)ON1. The summed E-state index contributed by atoms with van der Waals surface area (Å²) in [6, 6.07) is 1.01. The van der Waals surface area contributed by atoms with Gasteiger partial charge in [-0.3, -0.25) is 14.5 Å². The molecule has 0 aromatic heterocycles. The summed E-state index contributed by atoms with van der Waals surface area (Å²) in [6.45, 7) is 1.03. The second-order valence-corrected chi connectivity index (χ2v) is 11.1. The second kappa shape index (κ2) is 8.27. The highest BCUT2D eigenvalue weighted by atomic mass is 32.2. The molecule has 2 heterocycles. The first-order valence-corrected chi connectivity index (χ1v) is 12.2. The number of hydrogen-bond acceptors (Lipinski definition) is 7. The van der Waals surface area contributed by atoms with Crippen molar-refractivity contribution in [3.8, 4) is 6.07 Å². The molecule has 4 aliphatic rings. The van der Waals surface area contributed by atoms with E-state index >= 15 is 0 Å². The van der Waals surface area contributed by atoms with Crippen LogP contribution in [0.1, 0.15) is 45.4 Å². The van der Waals surface area contributed by atoms with Crippen LogP contribution < -0.4 is 10.2 Å². The molecule has 3 amide bonds. The van der Waals surface area contributed by atoms with Crippen molar-refractivity contribution in [2.75, 3.05) is 19.8 Å². The van der Waals surface area contributed by atoms with Crippen molar-refractivity contribution in [3.05, 3.63) is 0 Å². The van der Waals surface area contributed by atoms with Crippen LogP contribution in [0.15, 0.2) is 0 Å². The second-order valence-electron chi connectivity index (χ2n) is 9.18. The average molecular weight is 458 g/mol. The third-order valence-corrected chi connectivity index (χ3v) is 8.84. The minimum absolute atomic E-state index is 0.0348. The van der Waals surface area contributed by atoms with Gasteiger partial charge in [0.2, 0.25) is 15.9 Å². The largest absolute Gasteiger partial charge is 0.327 e. The number of halogens is 1. The Hall–Kier alpha value is -1.81. The van der Waals surface area contributed by atoms with E-state index in [9.17, 15) is 27.7 Å². The zero-order valence-electron chi connectivity index (χ0n) is 17.4. The van der Waals surface area contributed by atoms with Gasteiger partial charge in [-0.15, -0.1) is 0 Å². The molecular formula is C19H28FN5O5S. The van der Waals surface area contributed by atoms with Crippen LogP contribution in [0.2, 0.25) is 0 Å². The van der Waals surface area contributed by atoms with Gasteiger partial charge in [0.25, 0.3) is 0 Å². The van der Waals surface area contributed by atoms with Gasteiger partial charge in [-0.2, -0.15) is 10.7 Å². The Kier molecular flexibility index (Phi) is 5.97. The molecule has 5 unspecified atom stereocenters. The molecule has 31 heavy (non-hydrogen) atoms. The molecule has 0 aromatic rings. The lowest BCUT2D eigenvalue weighted by atomic mass is 9.80. The number of nitrogens with zero attached hydrogens (tertiary/aromatic N) is 3. The van der Waals surface area contributed by atoms with Crippen LogP contribution in [-0.4, -0.2) is 78.9 Å². The van der Waals surface area contributed by atoms with Gasteiger partial charge in [-0.1, -0.05) is 0 Å². The van der Waals surface area contributed by atoms with Crippen LogP contribution in [0.3, 0.4) is 0 Å². The number of carbonyl (C=O) groups is 2. The Morgan fingerprint density at radius 2 is 2.06 bits per heavy atom. The van der Waals surface area contributed by atoms with Crippen molar-refractivity contribution < 1.29 is 27.2 Å². The molecular weight excluding hydrogens is 429 g/mol. The molecule has 0 radical (unpaired) electrons. The van der Waals surface area contributed by atoms with E-state index in [4.69, 9.17) is 4.84 Å². The Morgan fingerprint density at radius 1 is 1.32 bits per heavy atom. The number of hydrogen-bond donors (Lipinski definition) is 2. The van der Waals surface area contributed by atoms with E-state index in [1.807, 2.05) is 13.0 Å². The lowest BCUT2D eigenvalue weighted by molar-refractivity contribution is -0.142. The van der Waals surface area contributed by atoms with E-state index in [0.717, 1.165) is 4.90 Å². The molecule has 0 bridgehead atoms. The Bertz CT molecular complexity index is 889. The maximum atomic E-state index is 13.3. The van der Waals surface area contributed by atoms with E-state index in [2.05, 4.69) is 10.2 Å². The van der Waals surface area contributed by atoms with Gasteiger partial charge in [0.05, 0.1) is 35.4 Å². The van der Waals surface area contributed by atoms with Gasteiger partial charge < -0.3 is 4.90 Å². The molecule has 5 atom stereocenters. The molecule has 2 saturated carbocycles. The van der Waals surface area contributed by atoms with Crippen molar-refractivity contribution >= 4 is 22.0 Å². The highest BCUT2D eigenvalue weighted by molar-refractivity contribution is 7.90. The standard InChI is InChI=1S/C19H28FN5O5S/c1-12-8-13(30-22-12)10-25-17(26)15-9-14(31(28,29)23-19(11-20)4-5-19)2-3-16(15)24(7-6-21)18(25)27/h12-16,22-23H,2-5,7-11H2,1H3. The number of urea groups is 1. The van der Waals surface area contributed by atoms with Crippen LogP contribution in [-0.2, 0) is 19.7 Å². The maximum absolute atomic E-state index is 13.3. The summed E-state index contributed by atoms with van der Waals surface area (Å²) in [5, 5.41) is 8.37. The fourth-order valence-corrected chi connectivity index (χ4v) is 6.81. The Morgan fingerprint density at radius 3 is 2.65 bits per heavy atom. The smallest absolute Gasteiger partial charge is 0.307 e. The number of nitriles is 1. The van der Waals surface area contributed by atoms with Gasteiger partial charge in [-0.05, 0) is 45.4 Å². The highest BCUT2D eigenvalue weighted by Crippen LogP contribution is 2.40. The van der Waals surface area contributed by atoms with Crippen molar-refractivity contribution in [2.45, 2.75) is 74.4 Å². The first kappa shape index (κ1) is 22.4. The number of hydroxylamine groups is 1. The molecule has 10 nitrogen and oxygen atoms in total. The zero-order chi connectivity index (χ0) is 22.4. The molecule has 2 aliphatic heterocycles. The number of imide groups is 1. The first-order valence-electron chi connectivity index (χ1n) is 10.7. The Balaban J connectivity index is 1.53. The zero-order valence-corrected chi connectivity index (χ0v) is 18.2. The fourth-order valence-electron chi connectivity index (χ4n) is 4.87. The number of amides is 3. The summed E-state index contributed by atoms with van der Waals surface area (Å²) < 4.78 is 41.5. The van der Waals surface area contributed by atoms with Crippen LogP contribution in [0, 0.1) is 17.2 Å². The predicted octanol–water partition coefficient (Wildman–Crippen LogP) is 0.415. The summed E-state index contributed by atoms with van der Waals surface area (Å²) >= 11 is 0. The minimum atomic E-state index is -3.82. The third-order valence-electron chi connectivity index (χ3n) is 6.81. The van der Waals surface area contributed by atoms with Gasteiger partial charge in [0.15, 0.2) is 0 Å². The maximum Gasteiger partial charge on any atom is 0.327 e. The number of nitrogens with one attached hydrogen (secondary N) is 2. The summed E-state index contributed by atoms with van der Waals surface area (Å²) in [5.74, 6) is -1.16. The molecule has 4 fully saturated rings. The number of carbonyl (C=O) groups excluding carboxylic acids is 2. The third kappa shape index (κ3) is 4.28. The monoisotopic (exact) mass is 457 g/mol. The molecule has 4 rings (SSSR count). The van der Waals surface area contributed by atoms with Crippen LogP contribution in [0.4, 0.5) is 9.18 Å². The van der Waals surface area contributed by atoms with Crippen molar-refractivity contribution in [1.82, 2.24) is 20.0 Å². The van der Waals surface area contributed by atoms with E-state index in [1.54, 1.807) is 0 Å². The lowest BCUT2D eigenvalue weighted by Gasteiger charge is -2.47. The number of fused-ring (bicyclic) bond motifs is 1. The van der Waals surface area contributed by atoms with Crippen LogP contribution in [0.5, 0.6) is 0 Å². The lowest BCUT2D eigenvalue weighted by Crippen LogP contribution is -2.65. The first-order chi connectivity index (χ1) is 14.7. The van der Waals surface area contributed by atoms with Crippen molar-refractivity contribution in [2.24, 2.45) is 5.92 Å². The molecule has 2 N–H and O–H groups in total. The molecule has 2 saturated heterocycles. The average Bonchev–Trinajstić information content (AvgIpc) is 3.38. The van der Waals surface area contributed by atoms with Gasteiger partial charge in [0.1, 0.15) is 13.2 Å². The van der Waals surface area contributed by atoms with Crippen LogP contribution in [0.25, 0.3) is 0 Å². The number of sulfonamides is 1.